The molecule has 2 heterocycles. The lowest BCUT2D eigenvalue weighted by Crippen LogP contribution is -1.97. The van der Waals surface area contributed by atoms with Crippen LogP contribution in [0.4, 0.5) is 5.95 Å². The molecule has 0 radical (unpaired) electrons. The fraction of sp³-hybridized carbons (Fsp3) is 0.125. The van der Waals surface area contributed by atoms with Gasteiger partial charge in [-0.25, -0.2) is 9.66 Å². The van der Waals surface area contributed by atoms with Crippen molar-refractivity contribution in [2.45, 2.75) is 13.8 Å². The molecule has 0 aliphatic carbocycles. The van der Waals surface area contributed by atoms with Crippen molar-refractivity contribution in [3.8, 4) is 11.3 Å². The Kier molecular flexibility index (Phi) is 4.43. The minimum atomic E-state index is 0.324. The number of hydrogen-bond acceptors (Lipinski definition) is 4. The van der Waals surface area contributed by atoms with E-state index in [2.05, 4.69) is 30.0 Å². The van der Waals surface area contributed by atoms with Crippen LogP contribution in [0.5, 0.6) is 0 Å². The van der Waals surface area contributed by atoms with Gasteiger partial charge in [0.05, 0.1) is 23.1 Å². The number of aromatic nitrogens is 2. The van der Waals surface area contributed by atoms with Gasteiger partial charge in [-0.3, -0.25) is 0 Å². The van der Waals surface area contributed by atoms with Crippen molar-refractivity contribution in [1.82, 2.24) is 9.66 Å². The van der Waals surface area contributed by atoms with E-state index in [9.17, 15) is 0 Å². The van der Waals surface area contributed by atoms with Crippen LogP contribution in [0.3, 0.4) is 0 Å². The van der Waals surface area contributed by atoms with E-state index in [1.165, 1.54) is 14.4 Å². The SMILES string of the molecule is Cc1cc(-c2cn(/N=C/c3ccc(Cl)cc3Cl)c(N)n2)c(C)s1. The minimum absolute atomic E-state index is 0.324. The summed E-state index contributed by atoms with van der Waals surface area (Å²) in [6, 6.07) is 7.33. The second kappa shape index (κ2) is 6.35. The van der Waals surface area contributed by atoms with Crippen molar-refractivity contribution in [3.63, 3.8) is 0 Å². The second-order valence-corrected chi connectivity index (χ2v) is 7.37. The highest BCUT2D eigenvalue weighted by atomic mass is 35.5. The van der Waals surface area contributed by atoms with Gasteiger partial charge in [0.1, 0.15) is 0 Å². The van der Waals surface area contributed by atoms with Crippen molar-refractivity contribution in [2.24, 2.45) is 5.10 Å². The Morgan fingerprint density at radius 2 is 2.04 bits per heavy atom. The maximum atomic E-state index is 6.13. The highest BCUT2D eigenvalue weighted by molar-refractivity contribution is 7.12. The summed E-state index contributed by atoms with van der Waals surface area (Å²) in [5.74, 6) is 0.324. The zero-order valence-corrected chi connectivity index (χ0v) is 14.9. The Balaban J connectivity index is 1.92. The first-order chi connectivity index (χ1) is 10.9. The van der Waals surface area contributed by atoms with Crippen LogP contribution in [-0.4, -0.2) is 15.9 Å². The molecule has 4 nitrogen and oxygen atoms in total. The predicted octanol–water partition coefficient (Wildman–Crippen LogP) is 5.00. The first kappa shape index (κ1) is 16.1. The summed E-state index contributed by atoms with van der Waals surface area (Å²) in [6.45, 7) is 4.14. The van der Waals surface area contributed by atoms with Crippen LogP contribution >= 0.6 is 34.5 Å². The van der Waals surface area contributed by atoms with E-state index in [0.717, 1.165) is 16.8 Å². The fourth-order valence-electron chi connectivity index (χ4n) is 2.22. The van der Waals surface area contributed by atoms with Gasteiger partial charge in [-0.05, 0) is 32.0 Å². The quantitative estimate of drug-likeness (QED) is 0.664. The van der Waals surface area contributed by atoms with Gasteiger partial charge in [0.2, 0.25) is 5.95 Å². The Labute approximate surface area is 148 Å². The van der Waals surface area contributed by atoms with Gasteiger partial charge in [-0.1, -0.05) is 29.3 Å². The van der Waals surface area contributed by atoms with Crippen LogP contribution in [0.15, 0.2) is 35.6 Å². The summed E-state index contributed by atoms with van der Waals surface area (Å²) in [6.07, 6.45) is 3.44. The number of imidazole rings is 1. The highest BCUT2D eigenvalue weighted by Crippen LogP contribution is 2.30. The third kappa shape index (κ3) is 3.42. The first-order valence-electron chi connectivity index (χ1n) is 6.85. The zero-order chi connectivity index (χ0) is 16.6. The van der Waals surface area contributed by atoms with Gasteiger partial charge >= 0.3 is 0 Å². The van der Waals surface area contributed by atoms with E-state index >= 15 is 0 Å². The number of nitrogens with zero attached hydrogens (tertiary/aromatic N) is 3. The zero-order valence-electron chi connectivity index (χ0n) is 12.5. The summed E-state index contributed by atoms with van der Waals surface area (Å²) in [5, 5.41) is 5.44. The number of aryl methyl sites for hydroxylation is 2. The molecule has 3 aromatic rings. The van der Waals surface area contributed by atoms with E-state index < -0.39 is 0 Å². The third-order valence-corrected chi connectivity index (χ3v) is 4.84. The lowest BCUT2D eigenvalue weighted by atomic mass is 10.2. The summed E-state index contributed by atoms with van der Waals surface area (Å²) in [4.78, 5) is 6.83. The molecule has 0 aliphatic heterocycles. The molecule has 0 unspecified atom stereocenters. The smallest absolute Gasteiger partial charge is 0.221 e. The van der Waals surface area contributed by atoms with Crippen LogP contribution < -0.4 is 5.73 Å². The highest BCUT2D eigenvalue weighted by Gasteiger charge is 2.11. The van der Waals surface area contributed by atoms with Crippen molar-refractivity contribution in [1.29, 1.82) is 0 Å². The van der Waals surface area contributed by atoms with E-state index in [4.69, 9.17) is 28.9 Å². The summed E-state index contributed by atoms with van der Waals surface area (Å²) < 4.78 is 1.53. The summed E-state index contributed by atoms with van der Waals surface area (Å²) >= 11 is 13.7. The normalized spacial score (nSPS) is 11.5. The van der Waals surface area contributed by atoms with E-state index in [1.54, 1.807) is 35.8 Å². The molecule has 2 N–H and O–H groups in total. The molecule has 2 aromatic heterocycles. The number of anilines is 1. The standard InChI is InChI=1S/C16H14Cl2N4S/c1-9-5-13(10(2)23-9)15-8-22(16(19)21-15)20-7-11-3-4-12(17)6-14(11)18/h3-8H,1-2H3,(H2,19,21)/b20-7+. The van der Waals surface area contributed by atoms with Crippen LogP contribution in [0, 0.1) is 13.8 Å². The molecule has 7 heteroatoms. The van der Waals surface area contributed by atoms with Crippen LogP contribution in [0.2, 0.25) is 10.0 Å². The molecule has 0 aliphatic rings. The van der Waals surface area contributed by atoms with Crippen molar-refractivity contribution in [3.05, 3.63) is 55.8 Å². The molecule has 0 amide bonds. The molecule has 23 heavy (non-hydrogen) atoms. The number of nitrogens with two attached hydrogens (primary N) is 1. The van der Waals surface area contributed by atoms with Crippen LogP contribution in [0.25, 0.3) is 11.3 Å². The molecular formula is C16H14Cl2N4S. The molecule has 0 spiro atoms. The summed E-state index contributed by atoms with van der Waals surface area (Å²) in [7, 11) is 0. The molecule has 3 rings (SSSR count). The lowest BCUT2D eigenvalue weighted by molar-refractivity contribution is 0.898. The lowest BCUT2D eigenvalue weighted by Gasteiger charge is -1.99. The molecule has 0 saturated heterocycles. The summed E-state index contributed by atoms with van der Waals surface area (Å²) in [5.41, 5.74) is 8.60. The van der Waals surface area contributed by atoms with Gasteiger partial charge in [-0.2, -0.15) is 5.10 Å². The van der Waals surface area contributed by atoms with Crippen molar-refractivity contribution < 1.29 is 0 Å². The number of hydrogen-bond donors (Lipinski definition) is 1. The topological polar surface area (TPSA) is 56.2 Å². The number of thiophene rings is 1. The molecule has 0 atom stereocenters. The van der Waals surface area contributed by atoms with E-state index in [1.807, 2.05) is 6.20 Å². The maximum Gasteiger partial charge on any atom is 0.221 e. The van der Waals surface area contributed by atoms with Crippen LogP contribution in [-0.2, 0) is 0 Å². The number of benzene rings is 1. The van der Waals surface area contributed by atoms with Gasteiger partial charge < -0.3 is 5.73 Å². The second-order valence-electron chi connectivity index (χ2n) is 5.07. The predicted molar refractivity (Wildman–Crippen MR) is 98.9 cm³/mol. The first-order valence-corrected chi connectivity index (χ1v) is 8.43. The van der Waals surface area contributed by atoms with Crippen LogP contribution in [0.1, 0.15) is 15.3 Å². The van der Waals surface area contributed by atoms with Gasteiger partial charge in [0, 0.05) is 25.9 Å². The molecule has 0 bridgehead atoms. The number of halogens is 2. The third-order valence-electron chi connectivity index (χ3n) is 3.31. The van der Waals surface area contributed by atoms with Crippen molar-refractivity contribution >= 4 is 46.7 Å². The largest absolute Gasteiger partial charge is 0.368 e. The van der Waals surface area contributed by atoms with E-state index in [0.29, 0.717) is 16.0 Å². The molecule has 0 saturated carbocycles. The number of rotatable bonds is 3. The molecule has 0 fully saturated rings. The Morgan fingerprint density at radius 1 is 1.26 bits per heavy atom. The van der Waals surface area contributed by atoms with Gasteiger partial charge in [0.25, 0.3) is 0 Å². The Morgan fingerprint density at radius 3 is 2.70 bits per heavy atom. The van der Waals surface area contributed by atoms with Crippen molar-refractivity contribution in [2.75, 3.05) is 5.73 Å². The fourth-order valence-corrected chi connectivity index (χ4v) is 3.61. The molecule has 118 valence electrons. The maximum absolute atomic E-state index is 6.13. The molecular weight excluding hydrogens is 351 g/mol. The van der Waals surface area contributed by atoms with Gasteiger partial charge in [0.15, 0.2) is 0 Å². The number of nitrogen functional groups attached to an aromatic ring is 1. The molecule has 1 aromatic carbocycles. The van der Waals surface area contributed by atoms with Gasteiger partial charge in [-0.15, -0.1) is 11.3 Å². The average Bonchev–Trinajstić information content (AvgIpc) is 3.00. The average molecular weight is 365 g/mol. The minimum Gasteiger partial charge on any atom is -0.368 e. The van der Waals surface area contributed by atoms with E-state index in [-0.39, 0.29) is 0 Å². The Hall–Kier alpha value is -1.82. The Bertz CT molecular complexity index is 896. The monoisotopic (exact) mass is 364 g/mol.